The normalized spacial score (nSPS) is 11.9. The highest BCUT2D eigenvalue weighted by Gasteiger charge is 2.14. The Hall–Kier alpha value is -1.92. The van der Waals surface area contributed by atoms with E-state index < -0.39 is 0 Å². The highest BCUT2D eigenvalue weighted by Crippen LogP contribution is 2.30. The van der Waals surface area contributed by atoms with Crippen molar-refractivity contribution in [3.8, 4) is 6.07 Å². The van der Waals surface area contributed by atoms with Gasteiger partial charge in [-0.25, -0.2) is 4.98 Å². The van der Waals surface area contributed by atoms with Crippen LogP contribution >= 0.6 is 11.3 Å². The molecule has 1 aromatic carbocycles. The topological polar surface area (TPSA) is 36.7 Å². The maximum absolute atomic E-state index is 8.96. The molecular formula is C16H14N2S. The third-order valence-electron chi connectivity index (χ3n) is 3.28. The van der Waals surface area contributed by atoms with E-state index in [1.54, 1.807) is 0 Å². The Labute approximate surface area is 116 Å². The number of fused-ring (bicyclic) bond motifs is 2. The van der Waals surface area contributed by atoms with Gasteiger partial charge in [0.1, 0.15) is 15.8 Å². The van der Waals surface area contributed by atoms with Crippen molar-refractivity contribution in [1.29, 1.82) is 5.26 Å². The Kier molecular flexibility index (Phi) is 2.58. The van der Waals surface area contributed by atoms with E-state index in [9.17, 15) is 0 Å². The van der Waals surface area contributed by atoms with Crippen molar-refractivity contribution in [2.75, 3.05) is 0 Å². The Balaban J connectivity index is 2.28. The molecule has 0 unspecified atom stereocenters. The summed E-state index contributed by atoms with van der Waals surface area (Å²) in [6, 6.07) is 12.6. The molecule has 0 fully saturated rings. The summed E-state index contributed by atoms with van der Waals surface area (Å²) in [6.45, 7) is 6.62. The Morgan fingerprint density at radius 1 is 1.11 bits per heavy atom. The lowest BCUT2D eigenvalue weighted by molar-refractivity contribution is 0.591. The number of nitriles is 1. The highest BCUT2D eigenvalue weighted by molar-refractivity contribution is 7.19. The van der Waals surface area contributed by atoms with Gasteiger partial charge in [-0.05, 0) is 35.2 Å². The fraction of sp³-hybridized carbons (Fsp3) is 0.250. The van der Waals surface area contributed by atoms with E-state index in [2.05, 4.69) is 56.1 Å². The summed E-state index contributed by atoms with van der Waals surface area (Å²) in [6.07, 6.45) is 0. The average Bonchev–Trinajstić information content (AvgIpc) is 2.75. The first-order chi connectivity index (χ1) is 8.97. The zero-order chi connectivity index (χ0) is 13.6. The first-order valence-corrected chi connectivity index (χ1v) is 7.04. The summed E-state index contributed by atoms with van der Waals surface area (Å²) in [5.74, 6) is 0. The molecule has 3 rings (SSSR count). The van der Waals surface area contributed by atoms with Gasteiger partial charge in [-0.15, -0.1) is 11.3 Å². The van der Waals surface area contributed by atoms with Gasteiger partial charge in [0, 0.05) is 10.8 Å². The lowest BCUT2D eigenvalue weighted by Gasteiger charge is -2.19. The van der Waals surface area contributed by atoms with Gasteiger partial charge in [-0.2, -0.15) is 5.26 Å². The molecule has 0 amide bonds. The van der Waals surface area contributed by atoms with Gasteiger partial charge in [0.05, 0.1) is 5.52 Å². The summed E-state index contributed by atoms with van der Waals surface area (Å²) in [5.41, 5.74) is 2.43. The van der Waals surface area contributed by atoms with Gasteiger partial charge in [0.25, 0.3) is 0 Å². The lowest BCUT2D eigenvalue weighted by Crippen LogP contribution is -2.10. The fourth-order valence-electron chi connectivity index (χ4n) is 2.16. The van der Waals surface area contributed by atoms with Crippen molar-refractivity contribution in [2.45, 2.75) is 26.2 Å². The van der Waals surface area contributed by atoms with E-state index in [1.807, 2.05) is 6.07 Å². The van der Waals surface area contributed by atoms with E-state index in [0.717, 1.165) is 21.1 Å². The first-order valence-electron chi connectivity index (χ1n) is 6.22. The minimum atomic E-state index is 0.135. The summed E-state index contributed by atoms with van der Waals surface area (Å²) in [4.78, 5) is 6.29. The van der Waals surface area contributed by atoms with Crippen LogP contribution < -0.4 is 0 Å². The number of pyridine rings is 1. The predicted octanol–water partition coefficient (Wildman–Crippen LogP) is 4.62. The Morgan fingerprint density at radius 3 is 2.58 bits per heavy atom. The Morgan fingerprint density at radius 2 is 1.89 bits per heavy atom. The lowest BCUT2D eigenvalue weighted by atomic mass is 9.86. The van der Waals surface area contributed by atoms with Crippen molar-refractivity contribution in [3.63, 3.8) is 0 Å². The van der Waals surface area contributed by atoms with Crippen LogP contribution in [0.5, 0.6) is 0 Å². The van der Waals surface area contributed by atoms with Crippen LogP contribution in [0.2, 0.25) is 0 Å². The van der Waals surface area contributed by atoms with Crippen LogP contribution in [0.25, 0.3) is 21.1 Å². The average molecular weight is 266 g/mol. The summed E-state index contributed by atoms with van der Waals surface area (Å²) >= 11 is 1.45. The number of hydrogen-bond acceptors (Lipinski definition) is 3. The van der Waals surface area contributed by atoms with Crippen molar-refractivity contribution >= 4 is 32.5 Å². The zero-order valence-electron chi connectivity index (χ0n) is 11.2. The molecule has 0 aliphatic carbocycles. The van der Waals surface area contributed by atoms with Gasteiger partial charge in [0.2, 0.25) is 0 Å². The van der Waals surface area contributed by atoms with Crippen molar-refractivity contribution in [2.24, 2.45) is 0 Å². The monoisotopic (exact) mass is 266 g/mol. The smallest absolute Gasteiger partial charge is 0.125 e. The van der Waals surface area contributed by atoms with Crippen LogP contribution in [0.4, 0.5) is 0 Å². The van der Waals surface area contributed by atoms with E-state index in [4.69, 9.17) is 5.26 Å². The third kappa shape index (κ3) is 2.09. The van der Waals surface area contributed by atoms with Crippen LogP contribution in [0.3, 0.4) is 0 Å². The SMILES string of the molecule is CC(C)(C)c1ccc2nc3sc(C#N)cc3cc2c1. The van der Waals surface area contributed by atoms with Crippen molar-refractivity contribution in [1.82, 2.24) is 4.98 Å². The largest absolute Gasteiger partial charge is 0.237 e. The second-order valence-electron chi connectivity index (χ2n) is 5.76. The molecule has 3 aromatic rings. The third-order valence-corrected chi connectivity index (χ3v) is 4.23. The number of thiophene rings is 1. The van der Waals surface area contributed by atoms with Gasteiger partial charge in [-0.1, -0.05) is 26.8 Å². The van der Waals surface area contributed by atoms with Crippen molar-refractivity contribution < 1.29 is 0 Å². The maximum Gasteiger partial charge on any atom is 0.125 e. The number of aromatic nitrogens is 1. The number of hydrogen-bond donors (Lipinski definition) is 0. The van der Waals surface area contributed by atoms with Crippen LogP contribution in [0.15, 0.2) is 30.3 Å². The summed E-state index contributed by atoms with van der Waals surface area (Å²) in [7, 11) is 0. The number of benzene rings is 1. The molecule has 0 saturated carbocycles. The summed E-state index contributed by atoms with van der Waals surface area (Å²) < 4.78 is 0. The van der Waals surface area contributed by atoms with Crippen molar-refractivity contribution in [3.05, 3.63) is 40.8 Å². The van der Waals surface area contributed by atoms with Crippen LogP contribution in [-0.2, 0) is 5.41 Å². The molecule has 0 bridgehead atoms. The van der Waals surface area contributed by atoms with Crippen LogP contribution in [0, 0.1) is 11.3 Å². The maximum atomic E-state index is 8.96. The van der Waals surface area contributed by atoms with Gasteiger partial charge in [-0.3, -0.25) is 0 Å². The van der Waals surface area contributed by atoms with E-state index in [-0.39, 0.29) is 5.41 Å². The fourth-order valence-corrected chi connectivity index (χ4v) is 2.98. The molecule has 0 spiro atoms. The molecular weight excluding hydrogens is 252 g/mol. The molecule has 0 atom stereocenters. The molecule has 0 radical (unpaired) electrons. The molecule has 0 saturated heterocycles. The quantitative estimate of drug-likeness (QED) is 0.595. The molecule has 0 N–H and O–H groups in total. The predicted molar refractivity (Wildman–Crippen MR) is 80.5 cm³/mol. The molecule has 3 heteroatoms. The first kappa shape index (κ1) is 12.1. The standard InChI is InChI=1S/C16H14N2S/c1-16(2,3)12-4-5-14-10(7-12)6-11-8-13(9-17)19-15(11)18-14/h4-8H,1-3H3. The number of nitrogens with zero attached hydrogens (tertiary/aromatic N) is 2. The van der Waals surface area contributed by atoms with E-state index in [1.165, 1.54) is 16.9 Å². The molecule has 0 aliphatic heterocycles. The van der Waals surface area contributed by atoms with Gasteiger partial charge < -0.3 is 0 Å². The van der Waals surface area contributed by atoms with E-state index in [0.29, 0.717) is 4.88 Å². The minimum absolute atomic E-state index is 0.135. The second kappa shape index (κ2) is 4.04. The van der Waals surface area contributed by atoms with Crippen LogP contribution in [0.1, 0.15) is 31.2 Å². The number of rotatable bonds is 0. The molecule has 2 nitrogen and oxygen atoms in total. The molecule has 0 aliphatic rings. The summed E-state index contributed by atoms with van der Waals surface area (Å²) in [5, 5.41) is 11.2. The van der Waals surface area contributed by atoms with Gasteiger partial charge >= 0.3 is 0 Å². The van der Waals surface area contributed by atoms with Gasteiger partial charge in [0.15, 0.2) is 0 Å². The molecule has 19 heavy (non-hydrogen) atoms. The zero-order valence-corrected chi connectivity index (χ0v) is 12.0. The van der Waals surface area contributed by atoms with Crippen LogP contribution in [-0.4, -0.2) is 4.98 Å². The highest BCUT2D eigenvalue weighted by atomic mass is 32.1. The molecule has 2 aromatic heterocycles. The molecule has 94 valence electrons. The minimum Gasteiger partial charge on any atom is -0.237 e. The second-order valence-corrected chi connectivity index (χ2v) is 6.79. The van der Waals surface area contributed by atoms with E-state index >= 15 is 0 Å². The molecule has 2 heterocycles. The Bertz CT molecular complexity index is 816.